The average molecular weight is 304 g/mol. The van der Waals surface area contributed by atoms with Gasteiger partial charge in [-0.05, 0) is 44.5 Å². The first-order chi connectivity index (χ1) is 10.6. The first kappa shape index (κ1) is 17.5. The van der Waals surface area contributed by atoms with Gasteiger partial charge in [-0.1, -0.05) is 0 Å². The average Bonchev–Trinajstić information content (AvgIpc) is 2.52. The van der Waals surface area contributed by atoms with Crippen LogP contribution < -0.4 is 10.1 Å². The van der Waals surface area contributed by atoms with Crippen LogP contribution in [0.15, 0.2) is 24.3 Å². The maximum atomic E-state index is 11.8. The number of ether oxygens (including phenoxy) is 2. The number of nitrogens with one attached hydrogen (secondary N) is 1. The molecule has 6 heteroatoms. The van der Waals surface area contributed by atoms with Gasteiger partial charge in [0, 0.05) is 13.0 Å². The van der Waals surface area contributed by atoms with E-state index in [1.54, 1.807) is 38.1 Å². The van der Waals surface area contributed by atoms with Gasteiger partial charge in [0.15, 0.2) is 6.10 Å². The number of carbonyl (C=O) groups excluding carboxylic acids is 2. The van der Waals surface area contributed by atoms with Gasteiger partial charge in [0.05, 0.1) is 18.2 Å². The van der Waals surface area contributed by atoms with Gasteiger partial charge in [-0.15, -0.1) is 0 Å². The SMILES string of the molecule is CCOC(=O)CCCNC(=O)C(C)Oc1ccc(C#N)cc1. The van der Waals surface area contributed by atoms with Crippen molar-refractivity contribution in [1.29, 1.82) is 5.26 Å². The maximum Gasteiger partial charge on any atom is 0.305 e. The summed E-state index contributed by atoms with van der Waals surface area (Å²) >= 11 is 0. The highest BCUT2D eigenvalue weighted by atomic mass is 16.5. The number of rotatable bonds is 8. The van der Waals surface area contributed by atoms with Crippen LogP contribution >= 0.6 is 0 Å². The van der Waals surface area contributed by atoms with Gasteiger partial charge in [0.25, 0.3) is 5.91 Å². The van der Waals surface area contributed by atoms with Gasteiger partial charge in [-0.3, -0.25) is 9.59 Å². The van der Waals surface area contributed by atoms with Crippen LogP contribution in [0.3, 0.4) is 0 Å². The van der Waals surface area contributed by atoms with Crippen LogP contribution in [-0.4, -0.2) is 31.1 Å². The van der Waals surface area contributed by atoms with E-state index in [0.29, 0.717) is 30.9 Å². The van der Waals surface area contributed by atoms with E-state index in [2.05, 4.69) is 5.32 Å². The van der Waals surface area contributed by atoms with Crippen molar-refractivity contribution in [2.75, 3.05) is 13.2 Å². The summed E-state index contributed by atoms with van der Waals surface area (Å²) in [6.07, 6.45) is 0.142. The third-order valence-electron chi connectivity index (χ3n) is 2.83. The minimum atomic E-state index is -0.657. The molecular formula is C16H20N2O4. The second-order valence-electron chi connectivity index (χ2n) is 4.60. The summed E-state index contributed by atoms with van der Waals surface area (Å²) in [5, 5.41) is 11.4. The highest BCUT2D eigenvalue weighted by Crippen LogP contribution is 2.13. The number of amides is 1. The Bertz CT molecular complexity index is 534. The number of esters is 1. The van der Waals surface area contributed by atoms with Crippen molar-refractivity contribution in [3.05, 3.63) is 29.8 Å². The Balaban J connectivity index is 2.29. The third kappa shape index (κ3) is 6.27. The smallest absolute Gasteiger partial charge is 0.305 e. The molecule has 0 radical (unpaired) electrons. The van der Waals surface area contributed by atoms with Crippen molar-refractivity contribution in [1.82, 2.24) is 5.32 Å². The zero-order valence-electron chi connectivity index (χ0n) is 12.8. The molecule has 0 aromatic heterocycles. The fourth-order valence-electron chi connectivity index (χ4n) is 1.69. The highest BCUT2D eigenvalue weighted by molar-refractivity contribution is 5.80. The van der Waals surface area contributed by atoms with Crippen LogP contribution in [0.5, 0.6) is 5.75 Å². The van der Waals surface area contributed by atoms with Gasteiger partial charge in [-0.2, -0.15) is 5.26 Å². The van der Waals surface area contributed by atoms with E-state index in [0.717, 1.165) is 0 Å². The molecule has 1 aromatic rings. The first-order valence-corrected chi connectivity index (χ1v) is 7.17. The summed E-state index contributed by atoms with van der Waals surface area (Å²) in [5.74, 6) is 0.0000205. The van der Waals surface area contributed by atoms with Crippen molar-refractivity contribution in [3.63, 3.8) is 0 Å². The zero-order chi connectivity index (χ0) is 16.4. The van der Waals surface area contributed by atoms with Crippen molar-refractivity contribution >= 4 is 11.9 Å². The summed E-state index contributed by atoms with van der Waals surface area (Å²) in [6, 6.07) is 8.54. The lowest BCUT2D eigenvalue weighted by Gasteiger charge is -2.14. The Morgan fingerprint density at radius 2 is 2.00 bits per heavy atom. The van der Waals surface area contributed by atoms with E-state index in [-0.39, 0.29) is 18.3 Å². The molecule has 0 saturated carbocycles. The fraction of sp³-hybridized carbons (Fsp3) is 0.438. The minimum Gasteiger partial charge on any atom is -0.481 e. The predicted molar refractivity (Wildman–Crippen MR) is 80.1 cm³/mol. The van der Waals surface area contributed by atoms with E-state index >= 15 is 0 Å². The Labute approximate surface area is 130 Å². The van der Waals surface area contributed by atoms with Crippen LogP contribution in [0.2, 0.25) is 0 Å². The van der Waals surface area contributed by atoms with Crippen molar-refractivity contribution in [2.24, 2.45) is 0 Å². The highest BCUT2D eigenvalue weighted by Gasteiger charge is 2.14. The van der Waals surface area contributed by atoms with E-state index in [1.165, 1.54) is 0 Å². The van der Waals surface area contributed by atoms with Gasteiger partial charge in [-0.25, -0.2) is 0 Å². The van der Waals surface area contributed by atoms with Gasteiger partial charge in [0.1, 0.15) is 5.75 Å². The molecule has 1 aromatic carbocycles. The monoisotopic (exact) mass is 304 g/mol. The summed E-state index contributed by atoms with van der Waals surface area (Å²) in [4.78, 5) is 23.0. The summed E-state index contributed by atoms with van der Waals surface area (Å²) in [7, 11) is 0. The predicted octanol–water partition coefficient (Wildman–Crippen LogP) is 1.79. The molecule has 0 heterocycles. The van der Waals surface area contributed by atoms with Crippen LogP contribution in [0.25, 0.3) is 0 Å². The Morgan fingerprint density at radius 3 is 2.59 bits per heavy atom. The van der Waals surface area contributed by atoms with Crippen LogP contribution in [0.1, 0.15) is 32.3 Å². The molecule has 1 N–H and O–H groups in total. The number of nitrogens with zero attached hydrogens (tertiary/aromatic N) is 1. The number of carbonyl (C=O) groups is 2. The maximum absolute atomic E-state index is 11.8. The topological polar surface area (TPSA) is 88.4 Å². The largest absolute Gasteiger partial charge is 0.481 e. The van der Waals surface area contributed by atoms with Crippen molar-refractivity contribution < 1.29 is 19.1 Å². The molecule has 1 unspecified atom stereocenters. The lowest BCUT2D eigenvalue weighted by atomic mass is 10.2. The molecule has 0 saturated heterocycles. The Kier molecular flexibility index (Phi) is 7.48. The second kappa shape index (κ2) is 9.40. The lowest BCUT2D eigenvalue weighted by Crippen LogP contribution is -2.37. The molecule has 1 rings (SSSR count). The first-order valence-electron chi connectivity index (χ1n) is 7.17. The summed E-state index contributed by atoms with van der Waals surface area (Å²) < 4.78 is 10.3. The standard InChI is InChI=1S/C16H20N2O4/c1-3-21-15(19)5-4-10-18-16(20)12(2)22-14-8-6-13(11-17)7-9-14/h6-9,12H,3-5,10H2,1-2H3,(H,18,20). The molecule has 0 spiro atoms. The van der Waals surface area contributed by atoms with Crippen molar-refractivity contribution in [3.8, 4) is 11.8 Å². The summed E-state index contributed by atoms with van der Waals surface area (Å²) in [6.45, 7) is 4.14. The Hall–Kier alpha value is -2.55. The van der Waals surface area contributed by atoms with E-state index in [1.807, 2.05) is 6.07 Å². The Morgan fingerprint density at radius 1 is 1.32 bits per heavy atom. The van der Waals surface area contributed by atoms with Gasteiger partial charge in [0.2, 0.25) is 0 Å². The molecule has 22 heavy (non-hydrogen) atoms. The van der Waals surface area contributed by atoms with Crippen LogP contribution in [-0.2, 0) is 14.3 Å². The molecule has 6 nitrogen and oxygen atoms in total. The van der Waals surface area contributed by atoms with Crippen LogP contribution in [0.4, 0.5) is 0 Å². The molecule has 0 aliphatic carbocycles. The molecule has 118 valence electrons. The van der Waals surface area contributed by atoms with Crippen LogP contribution in [0, 0.1) is 11.3 Å². The van der Waals surface area contributed by atoms with E-state index in [4.69, 9.17) is 14.7 Å². The molecule has 1 amide bonds. The van der Waals surface area contributed by atoms with E-state index < -0.39 is 6.10 Å². The number of hydrogen-bond acceptors (Lipinski definition) is 5. The molecular weight excluding hydrogens is 284 g/mol. The fourth-order valence-corrected chi connectivity index (χ4v) is 1.69. The number of benzene rings is 1. The minimum absolute atomic E-state index is 0.256. The summed E-state index contributed by atoms with van der Waals surface area (Å²) in [5.41, 5.74) is 0.531. The molecule has 0 bridgehead atoms. The quantitative estimate of drug-likeness (QED) is 0.584. The lowest BCUT2D eigenvalue weighted by molar-refractivity contribution is -0.143. The molecule has 1 atom stereocenters. The molecule has 0 aliphatic rings. The normalized spacial score (nSPS) is 11.1. The van der Waals surface area contributed by atoms with Crippen molar-refractivity contribution in [2.45, 2.75) is 32.8 Å². The van der Waals surface area contributed by atoms with E-state index in [9.17, 15) is 9.59 Å². The third-order valence-corrected chi connectivity index (χ3v) is 2.83. The number of hydrogen-bond donors (Lipinski definition) is 1. The second-order valence-corrected chi connectivity index (χ2v) is 4.60. The van der Waals surface area contributed by atoms with Gasteiger partial charge >= 0.3 is 5.97 Å². The van der Waals surface area contributed by atoms with Gasteiger partial charge < -0.3 is 14.8 Å². The number of nitriles is 1. The molecule has 0 aliphatic heterocycles. The molecule has 0 fully saturated rings. The zero-order valence-corrected chi connectivity index (χ0v) is 12.8.